The number of benzene rings is 1. The minimum atomic E-state index is -1.90. The van der Waals surface area contributed by atoms with Crippen LogP contribution in [0.5, 0.6) is 0 Å². The van der Waals surface area contributed by atoms with E-state index in [1.165, 1.54) is 14.8 Å². The average molecular weight is 321 g/mol. The third kappa shape index (κ3) is 2.71. The van der Waals surface area contributed by atoms with Gasteiger partial charge in [-0.25, -0.2) is 0 Å². The van der Waals surface area contributed by atoms with Crippen LogP contribution < -0.4 is 4.35 Å². The molecule has 72 valence electrons. The minimum absolute atomic E-state index is 1.16. The summed E-state index contributed by atoms with van der Waals surface area (Å²) < 4.78 is 2.58. The van der Waals surface area contributed by atoms with Gasteiger partial charge in [0.15, 0.2) is 0 Å². The van der Waals surface area contributed by atoms with Gasteiger partial charge in [0.1, 0.15) is 0 Å². The summed E-state index contributed by atoms with van der Waals surface area (Å²) in [4.78, 5) is 0. The van der Waals surface area contributed by atoms with Crippen LogP contribution in [0.3, 0.4) is 0 Å². The first kappa shape index (κ1) is 11.6. The van der Waals surface area contributed by atoms with Crippen molar-refractivity contribution in [1.82, 2.24) is 0 Å². The molecular weight excluding hydrogens is 307 g/mol. The Morgan fingerprint density at radius 3 is 2.38 bits per heavy atom. The van der Waals surface area contributed by atoms with E-state index in [1.807, 2.05) is 0 Å². The summed E-state index contributed by atoms with van der Waals surface area (Å²) in [6.07, 6.45) is 0. The molecule has 0 nitrogen and oxygen atoms in total. The van der Waals surface area contributed by atoms with Gasteiger partial charge in [-0.2, -0.15) is 0 Å². The molecule has 0 aliphatic rings. The Labute approximate surface area is 95.1 Å². The van der Waals surface area contributed by atoms with E-state index < -0.39 is 11.9 Å². The third-order valence-corrected chi connectivity index (χ3v) is 13.4. The number of rotatable bonds is 3. The monoisotopic (exact) mass is 320 g/mol. The Balaban J connectivity index is 3.13. The van der Waals surface area contributed by atoms with Crippen molar-refractivity contribution in [3.63, 3.8) is 0 Å². The number of halogens is 1. The normalized spacial score (nSPS) is 11.6. The molecular formula is C10H14AsBrS. The summed E-state index contributed by atoms with van der Waals surface area (Å²) >= 11 is 1.59. The van der Waals surface area contributed by atoms with Crippen molar-refractivity contribution in [2.45, 2.75) is 24.3 Å². The molecule has 0 fully saturated rings. The third-order valence-electron chi connectivity index (χ3n) is 2.30. The average Bonchev–Trinajstić information content (AvgIpc) is 2.17. The SMILES string of the molecule is CC[As](=S)(CC)c1cccc(Br)c1. The molecule has 0 aromatic heterocycles. The van der Waals surface area contributed by atoms with Crippen molar-refractivity contribution in [3.8, 4) is 0 Å². The second-order valence-corrected chi connectivity index (χ2v) is 15.0. The summed E-state index contributed by atoms with van der Waals surface area (Å²) in [5.74, 6) is 0. The van der Waals surface area contributed by atoms with E-state index >= 15 is 0 Å². The molecule has 1 aromatic rings. The van der Waals surface area contributed by atoms with Crippen molar-refractivity contribution in [2.75, 3.05) is 0 Å². The first-order chi connectivity index (χ1) is 6.12. The standard InChI is InChI=1S/C10H14AsBrS/c1-3-11(13,4-2)9-6-5-7-10(12)8-9/h5-8H,3-4H2,1-2H3. The molecule has 1 rings (SSSR count). The van der Waals surface area contributed by atoms with Gasteiger partial charge in [-0.05, 0) is 0 Å². The van der Waals surface area contributed by atoms with Gasteiger partial charge in [-0.3, -0.25) is 0 Å². The van der Waals surface area contributed by atoms with E-state index in [9.17, 15) is 0 Å². The van der Waals surface area contributed by atoms with E-state index in [0.717, 1.165) is 4.47 Å². The van der Waals surface area contributed by atoms with Crippen molar-refractivity contribution in [1.29, 1.82) is 0 Å². The van der Waals surface area contributed by atoms with E-state index in [4.69, 9.17) is 10.4 Å². The predicted molar refractivity (Wildman–Crippen MR) is 68.1 cm³/mol. The van der Waals surface area contributed by atoms with Gasteiger partial charge in [0.05, 0.1) is 0 Å². The van der Waals surface area contributed by atoms with Gasteiger partial charge >= 0.3 is 95.6 Å². The van der Waals surface area contributed by atoms with Crippen LogP contribution in [0.25, 0.3) is 0 Å². The molecule has 0 spiro atoms. The second kappa shape index (κ2) is 4.81. The molecule has 0 N–H and O–H groups in total. The van der Waals surface area contributed by atoms with Crippen molar-refractivity contribution < 1.29 is 0 Å². The van der Waals surface area contributed by atoms with Crippen LogP contribution in [0.1, 0.15) is 13.8 Å². The first-order valence-electron chi connectivity index (χ1n) is 4.46. The van der Waals surface area contributed by atoms with E-state index in [1.54, 1.807) is 0 Å². The van der Waals surface area contributed by atoms with Crippen LogP contribution >= 0.6 is 26.3 Å². The summed E-state index contributed by atoms with van der Waals surface area (Å²) in [6.45, 7) is 4.45. The quantitative estimate of drug-likeness (QED) is 0.762. The van der Waals surface area contributed by atoms with E-state index in [0.29, 0.717) is 0 Å². The van der Waals surface area contributed by atoms with Gasteiger partial charge in [0, 0.05) is 0 Å². The molecule has 0 aliphatic carbocycles. The molecule has 0 heterocycles. The van der Waals surface area contributed by atoms with Gasteiger partial charge in [-0.1, -0.05) is 0 Å². The fraction of sp³-hybridized carbons (Fsp3) is 0.400. The van der Waals surface area contributed by atoms with Crippen LogP contribution in [0.15, 0.2) is 28.7 Å². The molecule has 0 bridgehead atoms. The fourth-order valence-electron chi connectivity index (χ4n) is 1.32. The maximum absolute atomic E-state index is 5.78. The molecule has 0 saturated carbocycles. The van der Waals surface area contributed by atoms with E-state index in [-0.39, 0.29) is 0 Å². The Bertz CT molecular complexity index is 327. The van der Waals surface area contributed by atoms with Crippen LogP contribution in [-0.2, 0) is 0 Å². The Morgan fingerprint density at radius 2 is 1.92 bits per heavy atom. The molecule has 13 heavy (non-hydrogen) atoms. The second-order valence-electron chi connectivity index (χ2n) is 3.00. The van der Waals surface area contributed by atoms with E-state index in [2.05, 4.69) is 54.0 Å². The molecule has 0 saturated heterocycles. The van der Waals surface area contributed by atoms with Crippen molar-refractivity contribution in [3.05, 3.63) is 28.7 Å². The zero-order valence-corrected chi connectivity index (χ0v) is 12.2. The Morgan fingerprint density at radius 1 is 1.31 bits per heavy atom. The molecule has 0 aliphatic heterocycles. The fourth-order valence-corrected chi connectivity index (χ4v) is 6.70. The summed E-state index contributed by atoms with van der Waals surface area (Å²) in [5, 5.41) is 2.36. The Kier molecular flexibility index (Phi) is 4.28. The molecule has 0 unspecified atom stereocenters. The van der Waals surface area contributed by atoms with Gasteiger partial charge in [0.2, 0.25) is 0 Å². The summed E-state index contributed by atoms with van der Waals surface area (Å²) in [7, 11) is 5.78. The topological polar surface area (TPSA) is 0 Å². The van der Waals surface area contributed by atoms with Crippen LogP contribution in [0, 0.1) is 0 Å². The predicted octanol–water partition coefficient (Wildman–Crippen LogP) is 3.84. The molecule has 0 amide bonds. The van der Waals surface area contributed by atoms with Gasteiger partial charge in [0.25, 0.3) is 0 Å². The zero-order valence-electron chi connectivity index (χ0n) is 7.96. The summed E-state index contributed by atoms with van der Waals surface area (Å²) in [5.41, 5.74) is 0. The molecule has 1 aromatic carbocycles. The summed E-state index contributed by atoms with van der Waals surface area (Å²) in [6, 6.07) is 8.54. The van der Waals surface area contributed by atoms with Crippen LogP contribution in [0.2, 0.25) is 10.4 Å². The van der Waals surface area contributed by atoms with Gasteiger partial charge < -0.3 is 0 Å². The molecule has 0 radical (unpaired) electrons. The first-order valence-corrected chi connectivity index (χ1v) is 11.5. The molecule has 3 heteroatoms. The molecule has 0 atom stereocenters. The zero-order chi connectivity index (χ0) is 9.90. The maximum atomic E-state index is 5.78. The number of hydrogen-bond acceptors (Lipinski definition) is 1. The Hall–Kier alpha value is 0.478. The number of hydrogen-bond donors (Lipinski definition) is 0. The van der Waals surface area contributed by atoms with Gasteiger partial charge in [-0.15, -0.1) is 0 Å². The van der Waals surface area contributed by atoms with Crippen LogP contribution in [-0.4, -0.2) is 11.9 Å². The van der Waals surface area contributed by atoms with Crippen molar-refractivity contribution in [2.24, 2.45) is 0 Å². The van der Waals surface area contributed by atoms with Crippen LogP contribution in [0.4, 0.5) is 0 Å². The van der Waals surface area contributed by atoms with Crippen molar-refractivity contribution >= 4 is 42.6 Å².